The number of nitrogens with two attached hydrogens (primary N) is 2. The monoisotopic (exact) mass is 1570 g/mol. The number of unbranched alkanes of at least 4 members (excludes halogenated alkanes) is 1. The Morgan fingerprint density at radius 2 is 0.973 bits per heavy atom. The maximum atomic E-state index is 13.2. The first-order valence-corrected chi connectivity index (χ1v) is 36.0. The predicted octanol–water partition coefficient (Wildman–Crippen LogP) is 10.2. The van der Waals surface area contributed by atoms with Gasteiger partial charge in [-0.15, -0.1) is 11.5 Å². The molecule has 0 spiro atoms. The van der Waals surface area contributed by atoms with E-state index in [0.717, 1.165) is 86.3 Å². The number of azide groups is 3. The van der Waals surface area contributed by atoms with Gasteiger partial charge in [-0.05, 0) is 132 Å². The number of benzene rings is 3. The van der Waals surface area contributed by atoms with E-state index in [4.69, 9.17) is 46.8 Å². The second-order valence-corrected chi connectivity index (χ2v) is 24.8. The van der Waals surface area contributed by atoms with Gasteiger partial charge in [0, 0.05) is 215 Å². The van der Waals surface area contributed by atoms with Crippen molar-refractivity contribution in [2.45, 2.75) is 91.3 Å². The van der Waals surface area contributed by atoms with Crippen molar-refractivity contribution in [1.29, 1.82) is 0 Å². The fraction of sp³-hybridized carbons (Fsp3) is 0.368. The third-order valence-electron chi connectivity index (χ3n) is 15.8. The number of carbonyl (C=O) groups is 2. The SMILES string of the molecule is C#CC(N)=O.CCCCN=[N+]=[N-].COc1cc(CN(CCCN=[N+]=[N-])Cc2cn(C)c3ccccc3c2=O)ccn1.COc1cc(CN(CCCn2cc(C(N)=O)nn2)Cc2cn(C)c3ccccc3c2=O)ccn1.COc1cc(CNCc2cn(C)c3ccccc3c2=O)ccn1.OCCCBr.[N-]=[N+]=NCCCO. The highest BCUT2D eigenvalue weighted by molar-refractivity contribution is 9.09. The van der Waals surface area contributed by atoms with Crippen molar-refractivity contribution in [2.24, 2.45) is 48.0 Å². The molecule has 0 fully saturated rings. The van der Waals surface area contributed by atoms with Crippen molar-refractivity contribution in [3.63, 3.8) is 0 Å². The van der Waals surface area contributed by atoms with Crippen molar-refractivity contribution >= 4 is 60.5 Å². The Morgan fingerprint density at radius 3 is 1.36 bits per heavy atom. The molecule has 7 heterocycles. The lowest BCUT2D eigenvalue weighted by molar-refractivity contribution is -0.112. The van der Waals surface area contributed by atoms with Crippen LogP contribution in [0.1, 0.15) is 89.3 Å². The van der Waals surface area contributed by atoms with Crippen molar-refractivity contribution in [3.05, 3.63) is 254 Å². The summed E-state index contributed by atoms with van der Waals surface area (Å²) in [7, 11) is 10.6. The Bertz CT molecular complexity index is 4870. The number of nitrogens with zero attached hydrogens (tertiary/aromatic N) is 20. The van der Waals surface area contributed by atoms with Gasteiger partial charge < -0.3 is 54.9 Å². The highest BCUT2D eigenvalue weighted by Crippen LogP contribution is 2.19. The molecular formula is C76H96BrN23O10. The number of aliphatic hydroxyl groups excluding tert-OH is 2. The Morgan fingerprint density at radius 1 is 0.573 bits per heavy atom. The summed E-state index contributed by atoms with van der Waals surface area (Å²) in [6, 6.07) is 34.3. The second-order valence-electron chi connectivity index (χ2n) is 24.0. The Kier molecular flexibility index (Phi) is 42.8. The average Bonchev–Trinajstić information content (AvgIpc) is 1.03. The summed E-state index contributed by atoms with van der Waals surface area (Å²) in [5.74, 6) is 2.03. The Labute approximate surface area is 645 Å². The molecule has 2 amide bonds. The zero-order valence-corrected chi connectivity index (χ0v) is 64.6. The van der Waals surface area contributed by atoms with Gasteiger partial charge >= 0.3 is 0 Å². The number of aromatic nitrogens is 9. The smallest absolute Gasteiger partial charge is 0.293 e. The van der Waals surface area contributed by atoms with E-state index < -0.39 is 11.8 Å². The number of methoxy groups -OCH3 is 3. The van der Waals surface area contributed by atoms with E-state index >= 15 is 0 Å². The number of ether oxygens (including phenoxy) is 3. The second kappa shape index (κ2) is 52.1. The van der Waals surface area contributed by atoms with E-state index in [9.17, 15) is 24.0 Å². The third kappa shape index (κ3) is 32.2. The van der Waals surface area contributed by atoms with Crippen LogP contribution in [0.25, 0.3) is 64.0 Å². The number of nitrogens with one attached hydrogen (secondary N) is 1. The number of aryl methyl sites for hydroxylation is 4. The number of fused-ring (bicyclic) bond motifs is 3. The molecule has 582 valence electrons. The molecule has 0 saturated heterocycles. The summed E-state index contributed by atoms with van der Waals surface area (Å²) in [4.78, 5) is 84.0. The van der Waals surface area contributed by atoms with Gasteiger partial charge in [0.15, 0.2) is 22.0 Å². The van der Waals surface area contributed by atoms with Crippen LogP contribution in [0.15, 0.2) is 182 Å². The zero-order valence-electron chi connectivity index (χ0n) is 63.0. The van der Waals surface area contributed by atoms with Crippen LogP contribution in [0, 0.1) is 12.3 Å². The van der Waals surface area contributed by atoms with E-state index in [2.05, 4.69) is 105 Å². The number of rotatable bonds is 32. The molecule has 0 atom stereocenters. The quantitative estimate of drug-likeness (QED) is 0.00653. The highest BCUT2D eigenvalue weighted by atomic mass is 79.9. The van der Waals surface area contributed by atoms with Gasteiger partial charge in [-0.1, -0.05) is 86.2 Å². The van der Waals surface area contributed by atoms with E-state index in [1.54, 1.807) is 56.7 Å². The number of amides is 2. The molecular weight excluding hydrogens is 1470 g/mol. The first-order chi connectivity index (χ1) is 53.3. The molecule has 0 aliphatic heterocycles. The van der Waals surface area contributed by atoms with Crippen LogP contribution >= 0.6 is 15.9 Å². The minimum absolute atomic E-state index is 0.0355. The molecule has 7 N–H and O–H groups in total. The Balaban J connectivity index is 0.000000305. The molecule has 0 aliphatic rings. The summed E-state index contributed by atoms with van der Waals surface area (Å²) in [6.07, 6.45) is 21.8. The average molecular weight is 1570 g/mol. The van der Waals surface area contributed by atoms with Crippen LogP contribution < -0.4 is 47.3 Å². The maximum Gasteiger partial charge on any atom is 0.293 e. The molecule has 0 radical (unpaired) electrons. The van der Waals surface area contributed by atoms with Crippen LogP contribution in [0.5, 0.6) is 17.6 Å². The molecule has 0 bridgehead atoms. The van der Waals surface area contributed by atoms with Crippen molar-refractivity contribution in [1.82, 2.24) is 58.8 Å². The van der Waals surface area contributed by atoms with Crippen LogP contribution in [-0.2, 0) is 71.8 Å². The fourth-order valence-corrected chi connectivity index (χ4v) is 10.8. The van der Waals surface area contributed by atoms with Gasteiger partial charge in [-0.3, -0.25) is 38.5 Å². The Hall–Kier alpha value is -12.0. The van der Waals surface area contributed by atoms with Gasteiger partial charge in [0.05, 0.1) is 44.1 Å². The summed E-state index contributed by atoms with van der Waals surface area (Å²) in [6.45, 7) is 9.24. The van der Waals surface area contributed by atoms with Crippen LogP contribution in [0.3, 0.4) is 0 Å². The van der Waals surface area contributed by atoms with E-state index in [1.165, 1.54) is 0 Å². The number of primary amides is 2. The number of terminal acetylenes is 1. The fourth-order valence-electron chi connectivity index (χ4n) is 10.5. The molecule has 0 saturated carbocycles. The van der Waals surface area contributed by atoms with Gasteiger partial charge in [0.2, 0.25) is 17.6 Å². The summed E-state index contributed by atoms with van der Waals surface area (Å²) >= 11 is 3.15. The highest BCUT2D eigenvalue weighted by Gasteiger charge is 2.17. The number of hydrogen-bond acceptors (Lipinski definition) is 21. The maximum absolute atomic E-state index is 13.2. The number of pyridine rings is 6. The normalized spacial score (nSPS) is 10.2. The zero-order chi connectivity index (χ0) is 80.4. The summed E-state index contributed by atoms with van der Waals surface area (Å²) in [5.41, 5.74) is 42.0. The lowest BCUT2D eigenvalue weighted by Gasteiger charge is -2.23. The first-order valence-electron chi connectivity index (χ1n) is 34.9. The standard InChI is InChI=1S/C24H27N7O3.C21H24N6O2.C18H19N3O2.C4H9N3.C3H7BrO.C3H7N3O.C3H3NO/c1-29-14-18(23(32)19-6-3-4-7-21(19)29)15-30(13-17-8-9-26-22(12-17)34-2)10-5-11-31-16-20(24(25)33)27-28-31;1-26-14-17(21(28)18-6-3-4-7-19(18)26)15-27(11-5-9-24-25-22)13-16-8-10-23-20(12-16)29-2;1-21-12-14(18(22)15-5-3-4-6-16(15)21)11-19-10-13-7-8-20-17(9-13)23-2;1-2-3-4-6-7-5;4-2-1-3-5;4-6-5-2-1-3-7;1-2-3(4)5/h3-4,6-9,12,14,16H,5,10-11,13,15H2,1-2H3,(H2,25,33);3-4,6-8,10,12,14H,5,9,11,13,15H2,1-2H3;3-9,12,19H,10-11H2,1-2H3;2-4H2,1H3;5H,1-3H2;7H,1-3H2;1H,(H2,4,5). The van der Waals surface area contributed by atoms with Crippen LogP contribution in [0.2, 0.25) is 0 Å². The molecule has 110 heavy (non-hydrogen) atoms. The summed E-state index contributed by atoms with van der Waals surface area (Å²) in [5, 5.41) is 40.4. The molecule has 0 unspecified atom stereocenters. The van der Waals surface area contributed by atoms with E-state index in [1.807, 2.05) is 163 Å². The first kappa shape index (κ1) is 90.4. The van der Waals surface area contributed by atoms with Crippen molar-refractivity contribution in [2.75, 3.05) is 72.6 Å². The lowest BCUT2D eigenvalue weighted by Crippen LogP contribution is -2.28. The number of hydrogen-bond donors (Lipinski definition) is 5. The minimum atomic E-state index is -0.718. The molecule has 10 aromatic rings. The largest absolute Gasteiger partial charge is 0.481 e. The van der Waals surface area contributed by atoms with E-state index in [0.29, 0.717) is 126 Å². The van der Waals surface area contributed by atoms with Gasteiger partial charge in [-0.2, -0.15) is 0 Å². The molecule has 33 nitrogen and oxygen atoms in total. The van der Waals surface area contributed by atoms with Crippen molar-refractivity contribution in [3.8, 4) is 30.0 Å². The molecule has 0 aliphatic carbocycles. The molecule has 3 aromatic carbocycles. The van der Waals surface area contributed by atoms with E-state index in [-0.39, 0.29) is 28.6 Å². The number of halogens is 1. The minimum Gasteiger partial charge on any atom is -0.481 e. The molecule has 10 rings (SSSR count). The van der Waals surface area contributed by atoms with Gasteiger partial charge in [-0.25, -0.2) is 15.0 Å². The van der Waals surface area contributed by atoms with Crippen LogP contribution in [-0.4, -0.2) is 148 Å². The third-order valence-corrected chi connectivity index (χ3v) is 16.4. The predicted molar refractivity (Wildman–Crippen MR) is 429 cm³/mol. The molecule has 7 aromatic heterocycles. The van der Waals surface area contributed by atoms with Gasteiger partial charge in [0.25, 0.3) is 11.8 Å². The lowest BCUT2D eigenvalue weighted by atomic mass is 10.1. The van der Waals surface area contributed by atoms with Crippen LogP contribution in [0.4, 0.5) is 0 Å². The number of alkyl halides is 1. The van der Waals surface area contributed by atoms with Gasteiger partial charge in [0.1, 0.15) is 0 Å². The molecule has 34 heteroatoms. The number of para-hydroxylation sites is 3. The summed E-state index contributed by atoms with van der Waals surface area (Å²) < 4.78 is 23.1. The topological polar surface area (TPSA) is 455 Å². The number of carbonyl (C=O) groups excluding carboxylic acids is 2. The van der Waals surface area contributed by atoms with Crippen molar-refractivity contribution < 1.29 is 34.0 Å². The number of aliphatic hydroxyl groups is 2.